The number of thiazole rings is 1. The van der Waals surface area contributed by atoms with E-state index in [0.717, 1.165) is 15.3 Å². The van der Waals surface area contributed by atoms with Crippen LogP contribution in [0.25, 0.3) is 10.8 Å². The number of nitrogens with zero attached hydrogens (tertiary/aromatic N) is 2. The van der Waals surface area contributed by atoms with E-state index in [4.69, 9.17) is 4.42 Å². The lowest BCUT2D eigenvalue weighted by Crippen LogP contribution is -2.30. The molecule has 0 radical (unpaired) electrons. The van der Waals surface area contributed by atoms with Gasteiger partial charge in [-0.15, -0.1) is 11.3 Å². The summed E-state index contributed by atoms with van der Waals surface area (Å²) < 4.78 is 16.9. The molecule has 0 spiro atoms. The van der Waals surface area contributed by atoms with Crippen LogP contribution < -0.4 is 0 Å². The van der Waals surface area contributed by atoms with Gasteiger partial charge < -0.3 is 9.32 Å². The third kappa shape index (κ3) is 3.64. The molecule has 2 atom stereocenters. The Hall–Kier alpha value is -2.25. The minimum atomic E-state index is -1.01. The molecule has 0 aliphatic heterocycles. The van der Waals surface area contributed by atoms with E-state index in [0.29, 0.717) is 16.5 Å². The van der Waals surface area contributed by atoms with Gasteiger partial charge in [-0.1, -0.05) is 12.1 Å². The van der Waals surface area contributed by atoms with Crippen LogP contribution in [0.5, 0.6) is 0 Å². The van der Waals surface area contributed by atoms with Gasteiger partial charge in [0.15, 0.2) is 10.8 Å². The molecule has 1 aromatic carbocycles. The Morgan fingerprint density at radius 1 is 1.27 bits per heavy atom. The summed E-state index contributed by atoms with van der Waals surface area (Å²) in [6.07, 6.45) is 3.24. The minimum absolute atomic E-state index is 0.130. The summed E-state index contributed by atoms with van der Waals surface area (Å²) in [6.45, 7) is 3.85. The zero-order valence-corrected chi connectivity index (χ0v) is 16.7. The molecule has 26 heavy (non-hydrogen) atoms. The molecule has 7 heteroatoms. The second-order valence-corrected chi connectivity index (χ2v) is 8.60. The van der Waals surface area contributed by atoms with Gasteiger partial charge in [0.2, 0.25) is 0 Å². The van der Waals surface area contributed by atoms with E-state index in [9.17, 15) is 9.00 Å². The Bertz CT molecular complexity index is 930. The van der Waals surface area contributed by atoms with Crippen LogP contribution in [-0.2, 0) is 10.8 Å². The summed E-state index contributed by atoms with van der Waals surface area (Å²) >= 11 is 1.44. The van der Waals surface area contributed by atoms with Crippen LogP contribution >= 0.6 is 11.3 Å². The lowest BCUT2D eigenvalue weighted by Gasteiger charge is -2.25. The smallest absolute Gasteiger partial charge is 0.273 e. The van der Waals surface area contributed by atoms with Crippen LogP contribution in [0.3, 0.4) is 0 Å². The van der Waals surface area contributed by atoms with Crippen LogP contribution in [0, 0.1) is 6.92 Å². The fourth-order valence-electron chi connectivity index (χ4n) is 2.61. The molecule has 0 fully saturated rings. The van der Waals surface area contributed by atoms with Crippen molar-refractivity contribution in [2.45, 2.75) is 24.8 Å². The van der Waals surface area contributed by atoms with Gasteiger partial charge >= 0.3 is 0 Å². The number of carbonyl (C=O) groups is 1. The maximum absolute atomic E-state index is 12.9. The van der Waals surface area contributed by atoms with Gasteiger partial charge in [0.1, 0.15) is 5.69 Å². The molecule has 3 aromatic rings. The normalized spacial score (nSPS) is 13.4. The molecule has 2 aromatic heterocycles. The molecule has 0 aliphatic carbocycles. The van der Waals surface area contributed by atoms with E-state index in [1.54, 1.807) is 30.5 Å². The van der Waals surface area contributed by atoms with E-state index in [-0.39, 0.29) is 11.9 Å². The molecule has 5 nitrogen and oxygen atoms in total. The average Bonchev–Trinajstić information content (AvgIpc) is 3.29. The Balaban J connectivity index is 1.82. The lowest BCUT2D eigenvalue weighted by molar-refractivity contribution is 0.0737. The summed E-state index contributed by atoms with van der Waals surface area (Å²) in [5.41, 5.74) is 1.43. The third-order valence-corrected chi connectivity index (χ3v) is 6.25. The van der Waals surface area contributed by atoms with Gasteiger partial charge in [0.05, 0.1) is 12.3 Å². The van der Waals surface area contributed by atoms with Crippen LogP contribution in [-0.4, -0.2) is 33.3 Å². The third-order valence-electron chi connectivity index (χ3n) is 4.33. The quantitative estimate of drug-likeness (QED) is 0.654. The van der Waals surface area contributed by atoms with Crippen LogP contribution in [0.15, 0.2) is 52.0 Å². The lowest BCUT2D eigenvalue weighted by atomic mass is 10.1. The number of hydrogen-bond donors (Lipinski definition) is 0. The first-order valence-corrected chi connectivity index (χ1v) is 10.5. The fraction of sp³-hybridized carbons (Fsp3) is 0.263. The van der Waals surface area contributed by atoms with E-state index in [1.165, 1.54) is 11.3 Å². The van der Waals surface area contributed by atoms with Crippen LogP contribution in [0.2, 0.25) is 0 Å². The van der Waals surface area contributed by atoms with E-state index in [2.05, 4.69) is 4.98 Å². The molecule has 3 rings (SSSR count). The maximum Gasteiger partial charge on any atom is 0.273 e. The SMILES string of the molecule is Cc1sc(-c2ccco2)nc1C(=O)N(C)[C@@H](C)c1ccc([S@@](C)=O)cc1. The summed E-state index contributed by atoms with van der Waals surface area (Å²) in [4.78, 5) is 20.7. The van der Waals surface area contributed by atoms with Crippen LogP contribution in [0.4, 0.5) is 0 Å². The molecule has 0 unspecified atom stereocenters. The van der Waals surface area contributed by atoms with Crippen molar-refractivity contribution in [3.05, 3.63) is 58.8 Å². The minimum Gasteiger partial charge on any atom is -0.462 e. The van der Waals surface area contributed by atoms with Crippen LogP contribution in [0.1, 0.15) is 33.9 Å². The van der Waals surface area contributed by atoms with E-state index in [1.807, 2.05) is 44.2 Å². The fourth-order valence-corrected chi connectivity index (χ4v) is 4.00. The van der Waals surface area contributed by atoms with Crippen molar-refractivity contribution in [3.63, 3.8) is 0 Å². The molecule has 0 saturated carbocycles. The van der Waals surface area contributed by atoms with Crippen molar-refractivity contribution in [3.8, 4) is 10.8 Å². The monoisotopic (exact) mass is 388 g/mol. The maximum atomic E-state index is 12.9. The van der Waals surface area contributed by atoms with E-state index >= 15 is 0 Å². The highest BCUT2D eigenvalue weighted by atomic mass is 32.2. The van der Waals surface area contributed by atoms with Gasteiger partial charge in [-0.3, -0.25) is 9.00 Å². The van der Waals surface area contributed by atoms with Gasteiger partial charge in [0.25, 0.3) is 5.91 Å². The van der Waals surface area contributed by atoms with Crippen molar-refractivity contribution in [1.29, 1.82) is 0 Å². The number of aryl methyl sites for hydroxylation is 1. The molecule has 0 bridgehead atoms. The van der Waals surface area contributed by atoms with Crippen molar-refractivity contribution >= 4 is 28.0 Å². The number of rotatable bonds is 5. The number of furan rings is 1. The number of benzene rings is 1. The van der Waals surface area contributed by atoms with Crippen molar-refractivity contribution < 1.29 is 13.4 Å². The molecule has 0 aliphatic rings. The summed E-state index contributed by atoms with van der Waals surface area (Å²) in [5, 5.41) is 0.701. The van der Waals surface area contributed by atoms with E-state index < -0.39 is 10.8 Å². The Morgan fingerprint density at radius 2 is 1.96 bits per heavy atom. The zero-order chi connectivity index (χ0) is 18.8. The predicted octanol–water partition coefficient (Wildman–Crippen LogP) is 4.28. The molecular weight excluding hydrogens is 368 g/mol. The highest BCUT2D eigenvalue weighted by Gasteiger charge is 2.24. The first-order chi connectivity index (χ1) is 12.4. The summed E-state index contributed by atoms with van der Waals surface area (Å²) in [5.74, 6) is 0.531. The molecule has 1 amide bonds. The van der Waals surface area contributed by atoms with Crippen molar-refractivity contribution in [1.82, 2.24) is 9.88 Å². The number of aromatic nitrogens is 1. The van der Waals surface area contributed by atoms with Crippen molar-refractivity contribution in [2.24, 2.45) is 0 Å². The first-order valence-electron chi connectivity index (χ1n) is 8.10. The van der Waals surface area contributed by atoms with Crippen molar-refractivity contribution in [2.75, 3.05) is 13.3 Å². The second-order valence-electron chi connectivity index (χ2n) is 6.02. The molecular formula is C19H20N2O3S2. The first kappa shape index (κ1) is 18.5. The van der Waals surface area contributed by atoms with Gasteiger partial charge in [-0.05, 0) is 43.7 Å². The number of carbonyl (C=O) groups excluding carboxylic acids is 1. The standard InChI is InChI=1S/C19H20N2O3S2/c1-12(14-7-9-15(10-8-14)26(4)23)21(3)19(22)17-13(2)25-18(20-17)16-6-5-11-24-16/h5-12H,1-4H3/t12-,26+/m0/s1. The average molecular weight is 389 g/mol. The van der Waals surface area contributed by atoms with Gasteiger partial charge in [-0.2, -0.15) is 0 Å². The molecule has 0 N–H and O–H groups in total. The number of hydrogen-bond acceptors (Lipinski definition) is 5. The topological polar surface area (TPSA) is 63.4 Å². The van der Waals surface area contributed by atoms with Gasteiger partial charge in [-0.25, -0.2) is 4.98 Å². The molecule has 0 saturated heterocycles. The second kappa shape index (κ2) is 7.55. The Morgan fingerprint density at radius 3 is 2.54 bits per heavy atom. The van der Waals surface area contributed by atoms with Gasteiger partial charge in [0, 0.05) is 33.9 Å². The highest BCUT2D eigenvalue weighted by Crippen LogP contribution is 2.30. The Kier molecular flexibility index (Phi) is 5.38. The highest BCUT2D eigenvalue weighted by molar-refractivity contribution is 7.84. The summed E-state index contributed by atoms with van der Waals surface area (Å²) in [7, 11) is 0.755. The molecule has 2 heterocycles. The summed E-state index contributed by atoms with van der Waals surface area (Å²) in [6, 6.07) is 11.0. The number of amides is 1. The predicted molar refractivity (Wildman–Crippen MR) is 104 cm³/mol. The Labute approximate surface area is 159 Å². The zero-order valence-electron chi connectivity index (χ0n) is 15.1. The largest absolute Gasteiger partial charge is 0.462 e. The molecule has 136 valence electrons.